The van der Waals surface area contributed by atoms with E-state index in [0.29, 0.717) is 5.41 Å². The van der Waals surface area contributed by atoms with Crippen LogP contribution in [0.1, 0.15) is 51.3 Å². The van der Waals surface area contributed by atoms with Crippen LogP contribution in [-0.2, 0) is 6.42 Å². The molecule has 0 amide bonds. The smallest absolute Gasteiger partial charge is 0.0314 e. The molecule has 2 saturated carbocycles. The van der Waals surface area contributed by atoms with Crippen molar-refractivity contribution in [2.45, 2.75) is 58.4 Å². The molecule has 2 bridgehead atoms. The number of thiophene rings is 1. The maximum absolute atomic E-state index is 3.81. The van der Waals surface area contributed by atoms with Crippen LogP contribution >= 0.6 is 27.3 Å². The maximum Gasteiger partial charge on any atom is 0.0314 e. The van der Waals surface area contributed by atoms with E-state index in [1.807, 2.05) is 11.3 Å². The quantitative estimate of drug-likeness (QED) is 0.777. The van der Waals surface area contributed by atoms with Gasteiger partial charge in [-0.15, -0.1) is 11.3 Å². The molecule has 3 heteroatoms. The first-order valence-electron chi connectivity index (χ1n) is 7.85. The van der Waals surface area contributed by atoms with Crippen LogP contribution in [0.3, 0.4) is 0 Å². The Labute approximate surface area is 135 Å². The fraction of sp³-hybridized carbons (Fsp3) is 0.765. The van der Waals surface area contributed by atoms with Gasteiger partial charge < -0.3 is 5.32 Å². The molecule has 3 unspecified atom stereocenters. The Kier molecular flexibility index (Phi) is 4.07. The van der Waals surface area contributed by atoms with Crippen molar-refractivity contribution in [1.82, 2.24) is 5.32 Å². The lowest BCUT2D eigenvalue weighted by molar-refractivity contribution is 0.144. The van der Waals surface area contributed by atoms with Crippen LogP contribution in [0.4, 0.5) is 0 Å². The van der Waals surface area contributed by atoms with Crippen LogP contribution in [0.5, 0.6) is 0 Å². The zero-order chi connectivity index (χ0) is 14.4. The molecule has 20 heavy (non-hydrogen) atoms. The van der Waals surface area contributed by atoms with E-state index in [9.17, 15) is 0 Å². The van der Waals surface area contributed by atoms with Crippen LogP contribution in [0, 0.1) is 17.3 Å². The summed E-state index contributed by atoms with van der Waals surface area (Å²) in [5, 5.41) is 6.03. The molecule has 3 rings (SSSR count). The number of hydrogen-bond acceptors (Lipinski definition) is 2. The molecule has 2 fully saturated rings. The fourth-order valence-corrected chi connectivity index (χ4v) is 5.91. The van der Waals surface area contributed by atoms with E-state index >= 15 is 0 Å². The normalized spacial score (nSPS) is 33.0. The van der Waals surface area contributed by atoms with Gasteiger partial charge in [-0.3, -0.25) is 0 Å². The Bertz CT molecular complexity index is 476. The molecule has 0 aromatic carbocycles. The summed E-state index contributed by atoms with van der Waals surface area (Å²) >= 11 is 5.65. The number of nitrogens with one attached hydrogen (secondary N) is 1. The van der Waals surface area contributed by atoms with Crippen molar-refractivity contribution >= 4 is 27.3 Å². The van der Waals surface area contributed by atoms with Crippen LogP contribution in [0.15, 0.2) is 15.9 Å². The standard InChI is InChI=1S/C17H26BrNS/c1-16(2,3)19-11-17(9-12-4-5-13(17)8-12)10-15-14(18)6-7-20-15/h6-7,12-13,19H,4-5,8-11H2,1-3H3. The molecule has 1 heterocycles. The Hall–Kier alpha value is 0.140. The molecule has 0 radical (unpaired) electrons. The molecule has 2 aliphatic rings. The van der Waals surface area contributed by atoms with Gasteiger partial charge in [0.25, 0.3) is 0 Å². The van der Waals surface area contributed by atoms with Crippen molar-refractivity contribution in [1.29, 1.82) is 0 Å². The van der Waals surface area contributed by atoms with Crippen LogP contribution in [0.25, 0.3) is 0 Å². The molecular formula is C17H26BrNS. The second-order valence-electron chi connectivity index (χ2n) is 7.91. The summed E-state index contributed by atoms with van der Waals surface area (Å²) in [4.78, 5) is 1.55. The highest BCUT2D eigenvalue weighted by atomic mass is 79.9. The van der Waals surface area contributed by atoms with E-state index in [4.69, 9.17) is 0 Å². The van der Waals surface area contributed by atoms with Gasteiger partial charge in [-0.2, -0.15) is 0 Å². The largest absolute Gasteiger partial charge is 0.311 e. The third-order valence-electron chi connectivity index (χ3n) is 5.28. The summed E-state index contributed by atoms with van der Waals surface area (Å²) < 4.78 is 1.32. The Balaban J connectivity index is 1.79. The molecule has 1 N–H and O–H groups in total. The van der Waals surface area contributed by atoms with Gasteiger partial charge in [0.1, 0.15) is 0 Å². The first-order valence-corrected chi connectivity index (χ1v) is 9.52. The number of rotatable bonds is 4. The monoisotopic (exact) mass is 355 g/mol. The lowest BCUT2D eigenvalue weighted by Gasteiger charge is -2.40. The van der Waals surface area contributed by atoms with Gasteiger partial charge in [0.05, 0.1) is 0 Å². The highest BCUT2D eigenvalue weighted by Gasteiger charge is 2.50. The summed E-state index contributed by atoms with van der Waals surface area (Å²) in [6.45, 7) is 8.04. The van der Waals surface area contributed by atoms with Gasteiger partial charge >= 0.3 is 0 Å². The zero-order valence-corrected chi connectivity index (χ0v) is 15.2. The van der Waals surface area contributed by atoms with Gasteiger partial charge in [0.2, 0.25) is 0 Å². The molecule has 0 saturated heterocycles. The molecule has 112 valence electrons. The Morgan fingerprint density at radius 3 is 2.70 bits per heavy atom. The topological polar surface area (TPSA) is 12.0 Å². The minimum Gasteiger partial charge on any atom is -0.311 e. The lowest BCUT2D eigenvalue weighted by Crippen LogP contribution is -2.47. The van der Waals surface area contributed by atoms with E-state index in [1.165, 1.54) is 43.1 Å². The summed E-state index contributed by atoms with van der Waals surface area (Å²) in [6.07, 6.45) is 7.11. The molecule has 1 nitrogen and oxygen atoms in total. The number of halogens is 1. The maximum atomic E-state index is 3.81. The molecule has 1 aromatic heterocycles. The number of hydrogen-bond donors (Lipinski definition) is 1. The molecule has 3 atom stereocenters. The van der Waals surface area contributed by atoms with E-state index in [2.05, 4.69) is 53.5 Å². The van der Waals surface area contributed by atoms with Crippen molar-refractivity contribution in [3.8, 4) is 0 Å². The Morgan fingerprint density at radius 1 is 1.40 bits per heavy atom. The predicted octanol–water partition coefficient (Wildman–Crippen LogP) is 5.25. The minimum atomic E-state index is 0.224. The second-order valence-corrected chi connectivity index (χ2v) is 9.77. The summed E-state index contributed by atoms with van der Waals surface area (Å²) in [5.41, 5.74) is 0.727. The fourth-order valence-electron chi connectivity index (χ4n) is 4.27. The highest BCUT2D eigenvalue weighted by molar-refractivity contribution is 9.10. The average molecular weight is 356 g/mol. The van der Waals surface area contributed by atoms with Crippen LogP contribution in [0.2, 0.25) is 0 Å². The van der Waals surface area contributed by atoms with E-state index in [0.717, 1.165) is 11.8 Å². The van der Waals surface area contributed by atoms with Gasteiger partial charge in [-0.1, -0.05) is 6.42 Å². The third kappa shape index (κ3) is 3.00. The van der Waals surface area contributed by atoms with E-state index < -0.39 is 0 Å². The molecule has 2 aliphatic carbocycles. The molecule has 1 aromatic rings. The van der Waals surface area contributed by atoms with Crippen LogP contribution < -0.4 is 5.32 Å². The van der Waals surface area contributed by atoms with E-state index in [1.54, 1.807) is 4.88 Å². The average Bonchev–Trinajstić information content (AvgIpc) is 3.04. The van der Waals surface area contributed by atoms with Crippen molar-refractivity contribution in [2.75, 3.05) is 6.54 Å². The third-order valence-corrected chi connectivity index (χ3v) is 7.20. The highest BCUT2D eigenvalue weighted by Crippen LogP contribution is 2.57. The second kappa shape index (κ2) is 5.40. The first-order chi connectivity index (χ1) is 9.38. The Morgan fingerprint density at radius 2 is 2.20 bits per heavy atom. The lowest BCUT2D eigenvalue weighted by atomic mass is 9.70. The van der Waals surface area contributed by atoms with Gasteiger partial charge in [0.15, 0.2) is 0 Å². The SMILES string of the molecule is CC(C)(C)NCC1(Cc2sccc2Br)CC2CCC1C2. The van der Waals surface area contributed by atoms with Crippen molar-refractivity contribution < 1.29 is 0 Å². The predicted molar refractivity (Wildman–Crippen MR) is 91.4 cm³/mol. The van der Waals surface area contributed by atoms with Crippen molar-refractivity contribution in [3.63, 3.8) is 0 Å². The van der Waals surface area contributed by atoms with Gasteiger partial charge in [0, 0.05) is 21.4 Å². The minimum absolute atomic E-state index is 0.224. The molecular weight excluding hydrogens is 330 g/mol. The molecule has 0 spiro atoms. The summed E-state index contributed by atoms with van der Waals surface area (Å²) in [5.74, 6) is 1.94. The van der Waals surface area contributed by atoms with Crippen LogP contribution in [-0.4, -0.2) is 12.1 Å². The summed E-state index contributed by atoms with van der Waals surface area (Å²) in [6, 6.07) is 2.21. The molecule has 0 aliphatic heterocycles. The van der Waals surface area contributed by atoms with E-state index in [-0.39, 0.29) is 5.54 Å². The van der Waals surface area contributed by atoms with Gasteiger partial charge in [-0.05, 0) is 91.1 Å². The zero-order valence-electron chi connectivity index (χ0n) is 12.8. The van der Waals surface area contributed by atoms with Gasteiger partial charge in [-0.25, -0.2) is 0 Å². The summed E-state index contributed by atoms with van der Waals surface area (Å²) in [7, 11) is 0. The van der Waals surface area contributed by atoms with Crippen molar-refractivity contribution in [3.05, 3.63) is 20.8 Å². The number of fused-ring (bicyclic) bond motifs is 2. The first kappa shape index (κ1) is 15.1. The van der Waals surface area contributed by atoms with Crippen molar-refractivity contribution in [2.24, 2.45) is 17.3 Å².